The second kappa shape index (κ2) is 5.52. The number of carbonyl (C=O) groups is 1. The summed E-state index contributed by atoms with van der Waals surface area (Å²) in [5, 5.41) is 4.33. The minimum atomic E-state index is -0.425. The van der Waals surface area contributed by atoms with Gasteiger partial charge in [-0.15, -0.1) is 0 Å². The molecule has 1 unspecified atom stereocenters. The molecule has 0 aromatic heterocycles. The molecule has 3 N–H and O–H groups in total. The molecule has 0 saturated carbocycles. The van der Waals surface area contributed by atoms with Crippen molar-refractivity contribution in [3.8, 4) is 0 Å². The molecule has 1 aromatic carbocycles. The largest absolute Gasteiger partial charge is 0.366 e. The summed E-state index contributed by atoms with van der Waals surface area (Å²) >= 11 is 0. The monoisotopic (exact) mass is 255 g/mol. The molecule has 1 amide bonds. The van der Waals surface area contributed by atoms with Crippen LogP contribution in [0, 0.1) is 5.92 Å². The molecule has 19 heavy (non-hydrogen) atoms. The van der Waals surface area contributed by atoms with Gasteiger partial charge in [-0.1, -0.05) is 31.2 Å². The Balaban J connectivity index is 2.29. The lowest BCUT2D eigenvalue weighted by Gasteiger charge is -2.08. The molecule has 1 aliphatic rings. The van der Waals surface area contributed by atoms with E-state index in [2.05, 4.69) is 17.5 Å². The topological polar surface area (TPSA) is 67.5 Å². The first kappa shape index (κ1) is 13.1. The van der Waals surface area contributed by atoms with Crippen LogP contribution in [0.2, 0.25) is 0 Å². The molecule has 0 fully saturated rings. The molecule has 4 nitrogen and oxygen atoms in total. The van der Waals surface area contributed by atoms with E-state index in [4.69, 9.17) is 5.73 Å². The summed E-state index contributed by atoms with van der Waals surface area (Å²) in [6.07, 6.45) is 5.93. The predicted octanol–water partition coefficient (Wildman–Crippen LogP) is 2.19. The smallest absolute Gasteiger partial charge is 0.248 e. The molecule has 0 spiro atoms. The van der Waals surface area contributed by atoms with Crippen LogP contribution in [0.5, 0.6) is 0 Å². The van der Waals surface area contributed by atoms with Gasteiger partial charge < -0.3 is 5.73 Å². The zero-order valence-corrected chi connectivity index (χ0v) is 11.1. The van der Waals surface area contributed by atoms with E-state index in [9.17, 15) is 4.79 Å². The van der Waals surface area contributed by atoms with Crippen LogP contribution in [0.4, 0.5) is 0 Å². The number of hydrogen-bond acceptors (Lipinski definition) is 3. The van der Waals surface area contributed by atoms with Crippen molar-refractivity contribution < 1.29 is 4.79 Å². The van der Waals surface area contributed by atoms with Gasteiger partial charge in [0.1, 0.15) is 0 Å². The molecule has 0 bridgehead atoms. The van der Waals surface area contributed by atoms with Crippen molar-refractivity contribution in [3.63, 3.8) is 0 Å². The van der Waals surface area contributed by atoms with Crippen LogP contribution in [-0.2, 0) is 0 Å². The number of allylic oxidation sites excluding steroid dienone is 4. The molecule has 1 atom stereocenters. The fourth-order valence-electron chi connectivity index (χ4n) is 1.99. The van der Waals surface area contributed by atoms with Crippen molar-refractivity contribution >= 4 is 11.6 Å². The van der Waals surface area contributed by atoms with Crippen LogP contribution in [0.25, 0.3) is 0 Å². The summed E-state index contributed by atoms with van der Waals surface area (Å²) in [5.74, 6) is -0.259. The van der Waals surface area contributed by atoms with Gasteiger partial charge in [-0.3, -0.25) is 10.2 Å². The van der Waals surface area contributed by atoms with Crippen molar-refractivity contribution in [3.05, 3.63) is 59.3 Å². The van der Waals surface area contributed by atoms with Crippen molar-refractivity contribution in [1.29, 1.82) is 0 Å². The van der Waals surface area contributed by atoms with Crippen LogP contribution in [0.1, 0.15) is 29.8 Å². The molecule has 4 heteroatoms. The van der Waals surface area contributed by atoms with Crippen LogP contribution in [0.3, 0.4) is 0 Å². The number of hydrogen-bond donors (Lipinski definition) is 2. The third kappa shape index (κ3) is 2.73. The molecule has 1 aliphatic heterocycles. The average molecular weight is 255 g/mol. The number of carbonyl (C=O) groups excluding carboxylic acids is 1. The second-order valence-corrected chi connectivity index (χ2v) is 4.42. The van der Waals surface area contributed by atoms with E-state index >= 15 is 0 Å². The molecule has 1 heterocycles. The summed E-state index contributed by atoms with van der Waals surface area (Å²) in [7, 11) is 0. The molecule has 1 aromatic rings. The quantitative estimate of drug-likeness (QED) is 0.869. The van der Waals surface area contributed by atoms with Gasteiger partial charge in [0.05, 0.1) is 5.71 Å². The molecular weight excluding hydrogens is 238 g/mol. The maximum atomic E-state index is 11.2. The first-order valence-corrected chi connectivity index (χ1v) is 6.20. The predicted molar refractivity (Wildman–Crippen MR) is 76.7 cm³/mol. The first-order chi connectivity index (χ1) is 9.13. The van der Waals surface area contributed by atoms with Gasteiger partial charge in [-0.25, -0.2) is 0 Å². The Labute approximate surface area is 112 Å². The van der Waals surface area contributed by atoms with Gasteiger partial charge in [0.25, 0.3) is 0 Å². The first-order valence-electron chi connectivity index (χ1n) is 6.20. The highest BCUT2D eigenvalue weighted by molar-refractivity contribution is 6.06. The molecule has 0 saturated heterocycles. The minimum absolute atomic E-state index is 0.166. The minimum Gasteiger partial charge on any atom is -0.366 e. The molecule has 0 aliphatic carbocycles. The summed E-state index contributed by atoms with van der Waals surface area (Å²) in [4.78, 5) is 11.2. The highest BCUT2D eigenvalue weighted by atomic mass is 16.1. The fourth-order valence-corrected chi connectivity index (χ4v) is 1.99. The van der Waals surface area contributed by atoms with Crippen LogP contribution >= 0.6 is 0 Å². The zero-order valence-electron chi connectivity index (χ0n) is 11.1. The highest BCUT2D eigenvalue weighted by Gasteiger charge is 2.23. The molecule has 2 rings (SSSR count). The van der Waals surface area contributed by atoms with E-state index in [0.717, 1.165) is 17.0 Å². The third-order valence-corrected chi connectivity index (χ3v) is 3.09. The summed E-state index contributed by atoms with van der Waals surface area (Å²) in [6, 6.07) is 7.23. The van der Waals surface area contributed by atoms with Crippen LogP contribution in [-0.4, -0.2) is 11.6 Å². The maximum Gasteiger partial charge on any atom is 0.248 e. The van der Waals surface area contributed by atoms with Crippen LogP contribution in [0.15, 0.2) is 53.3 Å². The number of hydrazone groups is 1. The van der Waals surface area contributed by atoms with Crippen molar-refractivity contribution in [2.45, 2.75) is 13.8 Å². The Kier molecular flexibility index (Phi) is 3.80. The third-order valence-electron chi connectivity index (χ3n) is 3.09. The lowest BCUT2D eigenvalue weighted by Crippen LogP contribution is -2.14. The normalized spacial score (nSPS) is 20.6. The Morgan fingerprint density at radius 1 is 1.47 bits per heavy atom. The van der Waals surface area contributed by atoms with Gasteiger partial charge in [0.2, 0.25) is 5.91 Å². The standard InChI is InChI=1S/C15H17N3O/c1-3-4-8-13-10(2)14(18-17-13)11-6-5-7-12(9-11)15(16)19/h3-10,17H,1-2H3,(H2,16,19)/b4-3-,13-8+. The summed E-state index contributed by atoms with van der Waals surface area (Å²) < 4.78 is 0. The highest BCUT2D eigenvalue weighted by Crippen LogP contribution is 2.22. The van der Waals surface area contributed by atoms with Gasteiger partial charge in [-0.2, -0.15) is 5.10 Å². The number of rotatable bonds is 3. The zero-order chi connectivity index (χ0) is 13.8. The number of benzene rings is 1. The van der Waals surface area contributed by atoms with E-state index in [0.29, 0.717) is 5.56 Å². The number of nitrogens with two attached hydrogens (primary N) is 1. The SMILES string of the molecule is C/C=C\C=C1\NN=C(c2cccc(C(N)=O)c2)C1C. The second-order valence-electron chi connectivity index (χ2n) is 4.42. The number of amides is 1. The maximum absolute atomic E-state index is 11.2. The summed E-state index contributed by atoms with van der Waals surface area (Å²) in [5.41, 5.74) is 11.7. The Bertz CT molecular complexity index is 585. The Morgan fingerprint density at radius 3 is 2.95 bits per heavy atom. The van der Waals surface area contributed by atoms with E-state index in [-0.39, 0.29) is 5.92 Å². The lowest BCUT2D eigenvalue weighted by molar-refractivity contribution is 0.100. The Morgan fingerprint density at radius 2 is 2.26 bits per heavy atom. The van der Waals surface area contributed by atoms with Crippen molar-refractivity contribution in [2.75, 3.05) is 0 Å². The number of nitrogens with one attached hydrogen (secondary N) is 1. The molecular formula is C15H17N3O. The van der Waals surface area contributed by atoms with E-state index in [1.54, 1.807) is 12.1 Å². The average Bonchev–Trinajstić information content (AvgIpc) is 2.78. The van der Waals surface area contributed by atoms with Gasteiger partial charge >= 0.3 is 0 Å². The van der Waals surface area contributed by atoms with Crippen molar-refractivity contribution in [1.82, 2.24) is 5.43 Å². The van der Waals surface area contributed by atoms with E-state index in [1.807, 2.05) is 37.3 Å². The van der Waals surface area contributed by atoms with Crippen LogP contribution < -0.4 is 11.2 Å². The van der Waals surface area contributed by atoms with Gasteiger partial charge in [0, 0.05) is 17.2 Å². The fraction of sp³-hybridized carbons (Fsp3) is 0.200. The lowest BCUT2D eigenvalue weighted by atomic mass is 9.95. The van der Waals surface area contributed by atoms with E-state index in [1.165, 1.54) is 0 Å². The van der Waals surface area contributed by atoms with Crippen molar-refractivity contribution in [2.24, 2.45) is 16.8 Å². The number of nitrogens with zero attached hydrogens (tertiary/aromatic N) is 1. The van der Waals surface area contributed by atoms with E-state index < -0.39 is 5.91 Å². The van der Waals surface area contributed by atoms with Gasteiger partial charge in [0.15, 0.2) is 0 Å². The van der Waals surface area contributed by atoms with Gasteiger partial charge in [-0.05, 0) is 30.7 Å². The Hall–Kier alpha value is -2.36. The summed E-state index contributed by atoms with van der Waals surface area (Å²) in [6.45, 7) is 4.04. The number of primary amides is 1. The molecule has 98 valence electrons. The molecule has 0 radical (unpaired) electrons.